The van der Waals surface area contributed by atoms with Crippen molar-refractivity contribution >= 4 is 0 Å². The largest absolute Gasteiger partial charge is 0.0617 e. The molecule has 0 aromatic heterocycles. The average molecular weight is 351 g/mol. The van der Waals surface area contributed by atoms with Crippen molar-refractivity contribution in [1.29, 1.82) is 0 Å². The molecule has 8 saturated carbocycles. The standard InChI is InChI=1S/C26H38/c1-11-12(2)25-14(4)17-19-18-16-10-15-13(3)21(6,26(15,16)25)23(18,8)24(19,9)22(17,7)20(11,25)5/h11-19H,10H2,1-9H3. The molecule has 8 fully saturated rings. The highest BCUT2D eigenvalue weighted by molar-refractivity contribution is 5.57. The Balaban J connectivity index is 1.61. The van der Waals surface area contributed by atoms with Gasteiger partial charge in [0.05, 0.1) is 0 Å². The highest BCUT2D eigenvalue weighted by Crippen LogP contribution is 3.15. The van der Waals surface area contributed by atoms with Crippen LogP contribution >= 0.6 is 0 Å². The molecule has 16 atom stereocenters. The lowest BCUT2D eigenvalue weighted by Gasteiger charge is -2.88. The van der Waals surface area contributed by atoms with Crippen molar-refractivity contribution in [3.8, 4) is 0 Å². The van der Waals surface area contributed by atoms with Crippen LogP contribution in [0.3, 0.4) is 0 Å². The summed E-state index contributed by atoms with van der Waals surface area (Å²) in [5, 5.41) is 0. The molecule has 0 aromatic carbocycles. The Morgan fingerprint density at radius 2 is 1.00 bits per heavy atom. The average Bonchev–Trinajstić information content (AvgIpc) is 2.70. The molecule has 0 heterocycles. The van der Waals surface area contributed by atoms with Gasteiger partial charge in [-0.2, -0.15) is 0 Å². The van der Waals surface area contributed by atoms with Crippen LogP contribution in [0.15, 0.2) is 0 Å². The Labute approximate surface area is 160 Å². The topological polar surface area (TPSA) is 0 Å². The van der Waals surface area contributed by atoms with E-state index >= 15 is 0 Å². The minimum atomic E-state index is 0.593. The second-order valence-electron chi connectivity index (χ2n) is 13.9. The predicted octanol–water partition coefficient (Wildman–Crippen LogP) is 6.12. The van der Waals surface area contributed by atoms with Crippen molar-refractivity contribution < 1.29 is 0 Å². The van der Waals surface area contributed by atoms with Crippen molar-refractivity contribution in [3.05, 3.63) is 0 Å². The van der Waals surface area contributed by atoms with E-state index in [1.165, 1.54) is 0 Å². The van der Waals surface area contributed by atoms with Crippen molar-refractivity contribution in [2.24, 2.45) is 91.2 Å². The van der Waals surface area contributed by atoms with E-state index in [-0.39, 0.29) is 0 Å². The molecule has 0 aromatic rings. The summed E-state index contributed by atoms with van der Waals surface area (Å²) in [6.45, 7) is 25.0. The fourth-order valence-electron chi connectivity index (χ4n) is 16.7. The molecule has 8 aliphatic rings. The smallest absolute Gasteiger partial charge is 0.0106 e. The van der Waals surface area contributed by atoms with Crippen molar-refractivity contribution in [3.63, 3.8) is 0 Å². The van der Waals surface area contributed by atoms with Gasteiger partial charge in [-0.15, -0.1) is 0 Å². The second-order valence-corrected chi connectivity index (χ2v) is 13.9. The number of hydrogen-bond acceptors (Lipinski definition) is 0. The Kier molecular flexibility index (Phi) is 1.69. The molecule has 0 amide bonds. The molecule has 26 heavy (non-hydrogen) atoms. The van der Waals surface area contributed by atoms with Crippen LogP contribution in [-0.2, 0) is 0 Å². The van der Waals surface area contributed by atoms with Crippen molar-refractivity contribution in [2.75, 3.05) is 0 Å². The molecule has 0 saturated heterocycles. The molecule has 142 valence electrons. The van der Waals surface area contributed by atoms with Gasteiger partial charge in [0.15, 0.2) is 0 Å². The summed E-state index contributed by atoms with van der Waals surface area (Å²) >= 11 is 0. The summed E-state index contributed by atoms with van der Waals surface area (Å²) < 4.78 is 0. The fraction of sp³-hybridized carbons (Fsp3) is 1.00. The third-order valence-corrected chi connectivity index (χ3v) is 16.8. The molecule has 16 unspecified atom stereocenters. The zero-order chi connectivity index (χ0) is 18.4. The van der Waals surface area contributed by atoms with E-state index in [1.54, 1.807) is 6.42 Å². The number of fused-ring (bicyclic) bond motifs is 3. The molecule has 0 heteroatoms. The molecule has 0 aliphatic heterocycles. The first-order valence-electron chi connectivity index (χ1n) is 12.0. The molecule has 0 N–H and O–H groups in total. The first-order valence-corrected chi connectivity index (χ1v) is 12.0. The highest BCUT2D eigenvalue weighted by atomic mass is 15.1. The summed E-state index contributed by atoms with van der Waals surface area (Å²) in [5.41, 5.74) is 4.43. The summed E-state index contributed by atoms with van der Waals surface area (Å²) in [7, 11) is 0. The maximum Gasteiger partial charge on any atom is -0.0106 e. The molecular formula is C26H38. The van der Waals surface area contributed by atoms with Gasteiger partial charge in [0.2, 0.25) is 0 Å². The lowest BCUT2D eigenvalue weighted by Crippen LogP contribution is -2.85. The van der Waals surface area contributed by atoms with E-state index in [0.717, 1.165) is 58.7 Å². The van der Waals surface area contributed by atoms with Crippen LogP contribution in [0.25, 0.3) is 0 Å². The van der Waals surface area contributed by atoms with Crippen LogP contribution < -0.4 is 0 Å². The molecule has 0 nitrogen and oxygen atoms in total. The molecular weight excluding hydrogens is 312 g/mol. The van der Waals surface area contributed by atoms with Gasteiger partial charge >= 0.3 is 0 Å². The van der Waals surface area contributed by atoms with Crippen LogP contribution in [-0.4, -0.2) is 0 Å². The third-order valence-electron chi connectivity index (χ3n) is 16.8. The molecule has 4 bridgehead atoms. The normalized spacial score (nSPS) is 91.0. The van der Waals surface area contributed by atoms with E-state index < -0.39 is 0 Å². The zero-order valence-corrected chi connectivity index (χ0v) is 18.4. The van der Waals surface area contributed by atoms with Gasteiger partial charge in [0, 0.05) is 0 Å². The number of hydrogen-bond donors (Lipinski definition) is 0. The minimum Gasteiger partial charge on any atom is -0.0617 e. The molecule has 0 radical (unpaired) electrons. The van der Waals surface area contributed by atoms with Gasteiger partial charge in [0.25, 0.3) is 0 Å². The minimum absolute atomic E-state index is 0.593. The van der Waals surface area contributed by atoms with E-state index in [2.05, 4.69) is 62.3 Å². The lowest BCUT2D eigenvalue weighted by atomic mass is 9.15. The first-order chi connectivity index (χ1) is 12.0. The first kappa shape index (κ1) is 14.9. The van der Waals surface area contributed by atoms with Crippen LogP contribution in [0.5, 0.6) is 0 Å². The van der Waals surface area contributed by atoms with Gasteiger partial charge in [-0.25, -0.2) is 0 Å². The summed E-state index contributed by atoms with van der Waals surface area (Å²) in [5.74, 6) is 9.21. The van der Waals surface area contributed by atoms with E-state index in [0.29, 0.717) is 32.5 Å². The van der Waals surface area contributed by atoms with Crippen LogP contribution in [0, 0.1) is 91.2 Å². The Morgan fingerprint density at radius 1 is 0.462 bits per heavy atom. The van der Waals surface area contributed by atoms with Gasteiger partial charge in [-0.1, -0.05) is 62.3 Å². The van der Waals surface area contributed by atoms with Gasteiger partial charge in [-0.05, 0) is 97.6 Å². The quantitative estimate of drug-likeness (QED) is 0.494. The number of rotatable bonds is 0. The molecule has 8 aliphatic carbocycles. The van der Waals surface area contributed by atoms with E-state index in [1.807, 2.05) is 0 Å². The summed E-state index contributed by atoms with van der Waals surface area (Å²) in [6, 6.07) is 0. The van der Waals surface area contributed by atoms with Crippen LogP contribution in [0.2, 0.25) is 0 Å². The lowest BCUT2D eigenvalue weighted by molar-refractivity contribution is -0.423. The SMILES string of the molecule is CC1C(C)C23C(C)C4C5C6C7CC8C(C)C(C)(C6(C)C5(C)C4(C)C12C)C783. The molecule has 8 rings (SSSR count). The summed E-state index contributed by atoms with van der Waals surface area (Å²) in [6.07, 6.45) is 1.61. The maximum absolute atomic E-state index is 2.84. The van der Waals surface area contributed by atoms with Crippen molar-refractivity contribution in [2.45, 2.75) is 68.7 Å². The maximum atomic E-state index is 2.84. The van der Waals surface area contributed by atoms with Gasteiger partial charge in [-0.3, -0.25) is 0 Å². The van der Waals surface area contributed by atoms with Crippen LogP contribution in [0.1, 0.15) is 68.7 Å². The molecule has 1 spiro atoms. The fourth-order valence-corrected chi connectivity index (χ4v) is 16.7. The van der Waals surface area contributed by atoms with Crippen molar-refractivity contribution in [1.82, 2.24) is 0 Å². The van der Waals surface area contributed by atoms with Crippen LogP contribution in [0.4, 0.5) is 0 Å². The predicted molar refractivity (Wildman–Crippen MR) is 104 cm³/mol. The van der Waals surface area contributed by atoms with Gasteiger partial charge < -0.3 is 0 Å². The third kappa shape index (κ3) is 0.604. The second kappa shape index (κ2) is 2.94. The van der Waals surface area contributed by atoms with E-state index in [9.17, 15) is 0 Å². The summed E-state index contributed by atoms with van der Waals surface area (Å²) in [4.78, 5) is 0. The Bertz CT molecular complexity index is 858. The zero-order valence-electron chi connectivity index (χ0n) is 18.4. The van der Waals surface area contributed by atoms with E-state index in [4.69, 9.17) is 0 Å². The highest BCUT2D eigenvalue weighted by Gasteiger charge is 3.11. The Morgan fingerprint density at radius 3 is 1.65 bits per heavy atom. The van der Waals surface area contributed by atoms with Gasteiger partial charge in [0.1, 0.15) is 0 Å². The Hall–Kier alpha value is 0. The monoisotopic (exact) mass is 350 g/mol.